The maximum atomic E-state index is 15.1. The van der Waals surface area contributed by atoms with Crippen molar-refractivity contribution in [2.75, 3.05) is 0 Å². The van der Waals surface area contributed by atoms with Gasteiger partial charge in [0.15, 0.2) is 0 Å². The van der Waals surface area contributed by atoms with Crippen LogP contribution in [-0.2, 0) is 12.8 Å². The fourth-order valence-corrected chi connectivity index (χ4v) is 4.05. The standard InChI is InChI=1S/C26H22F4/c1-2-3-4-16-13-23(28)25(24(29)14-16)19-8-12-22-18(15-19)7-11-21(26(22)30)17-5-9-20(27)10-6-17/h5-7,9-11,13-15H,2-4,8,12H2,1H3. The molecule has 0 unspecified atom stereocenters. The number of aryl methyl sites for hydroxylation is 1. The fourth-order valence-electron chi connectivity index (χ4n) is 4.05. The molecule has 0 amide bonds. The molecule has 30 heavy (non-hydrogen) atoms. The highest BCUT2D eigenvalue weighted by atomic mass is 19.1. The second kappa shape index (κ2) is 8.47. The monoisotopic (exact) mass is 410 g/mol. The van der Waals surface area contributed by atoms with Crippen molar-refractivity contribution in [3.63, 3.8) is 0 Å². The number of halogens is 4. The van der Waals surface area contributed by atoms with Gasteiger partial charge >= 0.3 is 0 Å². The summed E-state index contributed by atoms with van der Waals surface area (Å²) in [7, 11) is 0. The minimum absolute atomic E-state index is 0.0242. The Hall–Kier alpha value is -2.88. The summed E-state index contributed by atoms with van der Waals surface area (Å²) in [6.45, 7) is 2.03. The number of benzene rings is 3. The van der Waals surface area contributed by atoms with Crippen molar-refractivity contribution in [3.05, 3.63) is 94.1 Å². The van der Waals surface area contributed by atoms with Crippen LogP contribution < -0.4 is 0 Å². The smallest absolute Gasteiger partial charge is 0.134 e. The highest BCUT2D eigenvalue weighted by Gasteiger charge is 2.22. The van der Waals surface area contributed by atoms with E-state index in [9.17, 15) is 13.2 Å². The molecule has 3 aromatic rings. The first-order valence-corrected chi connectivity index (χ1v) is 10.2. The Labute approximate surface area is 173 Å². The average Bonchev–Trinajstić information content (AvgIpc) is 2.73. The van der Waals surface area contributed by atoms with Crippen LogP contribution in [0.5, 0.6) is 0 Å². The maximum absolute atomic E-state index is 15.1. The van der Waals surface area contributed by atoms with Gasteiger partial charge in [0.2, 0.25) is 0 Å². The fraction of sp³-hybridized carbons (Fsp3) is 0.231. The van der Waals surface area contributed by atoms with Crippen LogP contribution in [0.3, 0.4) is 0 Å². The van der Waals surface area contributed by atoms with Crippen LogP contribution in [0.1, 0.15) is 48.4 Å². The summed E-state index contributed by atoms with van der Waals surface area (Å²) < 4.78 is 57.7. The van der Waals surface area contributed by atoms with Crippen molar-refractivity contribution in [2.24, 2.45) is 0 Å². The van der Waals surface area contributed by atoms with E-state index in [-0.39, 0.29) is 17.2 Å². The van der Waals surface area contributed by atoms with Crippen LogP contribution in [0.2, 0.25) is 0 Å². The Morgan fingerprint density at radius 3 is 2.20 bits per heavy atom. The van der Waals surface area contributed by atoms with Crippen LogP contribution in [0, 0.1) is 23.3 Å². The van der Waals surface area contributed by atoms with E-state index in [4.69, 9.17) is 0 Å². The Bertz CT molecular complexity index is 1090. The molecule has 1 aliphatic rings. The van der Waals surface area contributed by atoms with Gasteiger partial charge in [0.1, 0.15) is 23.3 Å². The molecule has 0 radical (unpaired) electrons. The SMILES string of the molecule is CCCCc1cc(F)c(C2=Cc3ccc(-c4ccc(F)cc4)c(F)c3CC2)c(F)c1. The summed E-state index contributed by atoms with van der Waals surface area (Å²) in [6.07, 6.45) is 4.84. The lowest BCUT2D eigenvalue weighted by molar-refractivity contribution is 0.570. The molecule has 0 nitrogen and oxygen atoms in total. The highest BCUT2D eigenvalue weighted by Crippen LogP contribution is 2.37. The van der Waals surface area contributed by atoms with Gasteiger partial charge in [-0.15, -0.1) is 0 Å². The summed E-state index contributed by atoms with van der Waals surface area (Å²) in [6, 6.07) is 11.8. The number of unbranched alkanes of at least 4 members (excludes halogenated alkanes) is 1. The third-order valence-electron chi connectivity index (χ3n) is 5.65. The molecule has 0 saturated carbocycles. The molecule has 0 spiro atoms. The number of hydrogen-bond acceptors (Lipinski definition) is 0. The zero-order valence-corrected chi connectivity index (χ0v) is 16.7. The molecule has 0 aromatic heterocycles. The van der Waals surface area contributed by atoms with E-state index >= 15 is 4.39 Å². The molecule has 0 heterocycles. The van der Waals surface area contributed by atoms with Gasteiger partial charge in [-0.2, -0.15) is 0 Å². The number of hydrogen-bond donors (Lipinski definition) is 0. The summed E-state index contributed by atoms with van der Waals surface area (Å²) >= 11 is 0. The largest absolute Gasteiger partial charge is 0.207 e. The van der Waals surface area contributed by atoms with Crippen LogP contribution in [0.15, 0.2) is 48.5 Å². The first kappa shape index (κ1) is 20.4. The number of fused-ring (bicyclic) bond motifs is 1. The second-order valence-corrected chi connectivity index (χ2v) is 7.71. The molecular weight excluding hydrogens is 388 g/mol. The third kappa shape index (κ3) is 3.91. The molecule has 4 heteroatoms. The van der Waals surface area contributed by atoms with Gasteiger partial charge in [-0.25, -0.2) is 17.6 Å². The quantitative estimate of drug-likeness (QED) is 0.377. The lowest BCUT2D eigenvalue weighted by Gasteiger charge is -2.20. The van der Waals surface area contributed by atoms with Gasteiger partial charge in [0.25, 0.3) is 0 Å². The van der Waals surface area contributed by atoms with Crippen LogP contribution >= 0.6 is 0 Å². The van der Waals surface area contributed by atoms with Crippen LogP contribution in [0.4, 0.5) is 17.6 Å². The van der Waals surface area contributed by atoms with Crippen molar-refractivity contribution < 1.29 is 17.6 Å². The molecular formula is C26H22F4. The van der Waals surface area contributed by atoms with E-state index in [1.165, 1.54) is 36.4 Å². The van der Waals surface area contributed by atoms with Gasteiger partial charge in [0, 0.05) is 11.1 Å². The van der Waals surface area contributed by atoms with Gasteiger partial charge in [-0.1, -0.05) is 43.7 Å². The Morgan fingerprint density at radius 2 is 1.53 bits per heavy atom. The molecule has 3 aromatic carbocycles. The molecule has 0 saturated heterocycles. The normalized spacial score (nSPS) is 13.2. The number of rotatable bonds is 5. The summed E-state index contributed by atoms with van der Waals surface area (Å²) in [4.78, 5) is 0. The lowest BCUT2D eigenvalue weighted by Crippen LogP contribution is -2.06. The lowest BCUT2D eigenvalue weighted by atomic mass is 9.85. The first-order valence-electron chi connectivity index (χ1n) is 10.2. The molecule has 1 aliphatic carbocycles. The Kier molecular flexibility index (Phi) is 5.76. The van der Waals surface area contributed by atoms with Crippen LogP contribution in [0.25, 0.3) is 22.8 Å². The Morgan fingerprint density at radius 1 is 0.833 bits per heavy atom. The molecule has 0 fully saturated rings. The second-order valence-electron chi connectivity index (χ2n) is 7.71. The van der Waals surface area contributed by atoms with E-state index in [0.717, 1.165) is 12.8 Å². The van der Waals surface area contributed by atoms with Gasteiger partial charge in [-0.05, 0) is 77.8 Å². The van der Waals surface area contributed by atoms with Crippen molar-refractivity contribution in [1.29, 1.82) is 0 Å². The van der Waals surface area contributed by atoms with Crippen LogP contribution in [-0.4, -0.2) is 0 Å². The molecule has 0 N–H and O–H groups in total. The topological polar surface area (TPSA) is 0 Å². The molecule has 0 atom stereocenters. The predicted molar refractivity (Wildman–Crippen MR) is 113 cm³/mol. The number of allylic oxidation sites excluding steroid dienone is 1. The van der Waals surface area contributed by atoms with Crippen molar-refractivity contribution >= 4 is 11.6 Å². The van der Waals surface area contributed by atoms with E-state index in [2.05, 4.69) is 0 Å². The Balaban J connectivity index is 1.70. The first-order chi connectivity index (χ1) is 14.5. The minimum atomic E-state index is -0.570. The van der Waals surface area contributed by atoms with Gasteiger partial charge in [0.05, 0.1) is 0 Å². The van der Waals surface area contributed by atoms with E-state index < -0.39 is 11.6 Å². The molecule has 4 rings (SSSR count). The minimum Gasteiger partial charge on any atom is -0.207 e. The molecule has 0 bridgehead atoms. The van der Waals surface area contributed by atoms with Crippen molar-refractivity contribution in [1.82, 2.24) is 0 Å². The molecule has 0 aliphatic heterocycles. The summed E-state index contributed by atoms with van der Waals surface area (Å²) in [5.41, 5.74) is 3.28. The van der Waals surface area contributed by atoms with Gasteiger partial charge < -0.3 is 0 Å². The average molecular weight is 410 g/mol. The summed E-state index contributed by atoms with van der Waals surface area (Å²) in [5, 5.41) is 0. The van der Waals surface area contributed by atoms with Gasteiger partial charge in [-0.3, -0.25) is 0 Å². The maximum Gasteiger partial charge on any atom is 0.134 e. The van der Waals surface area contributed by atoms with E-state index in [0.29, 0.717) is 52.7 Å². The van der Waals surface area contributed by atoms with Crippen molar-refractivity contribution in [2.45, 2.75) is 39.0 Å². The van der Waals surface area contributed by atoms with E-state index in [1.54, 1.807) is 18.2 Å². The third-order valence-corrected chi connectivity index (χ3v) is 5.65. The van der Waals surface area contributed by atoms with E-state index in [1.807, 2.05) is 6.92 Å². The zero-order valence-electron chi connectivity index (χ0n) is 16.7. The predicted octanol–water partition coefficient (Wildman–Crippen LogP) is 7.74. The highest BCUT2D eigenvalue weighted by molar-refractivity contribution is 5.86. The zero-order chi connectivity index (χ0) is 21.3. The summed E-state index contributed by atoms with van der Waals surface area (Å²) in [5.74, 6) is -1.89. The van der Waals surface area contributed by atoms with Crippen molar-refractivity contribution in [3.8, 4) is 11.1 Å². The molecule has 154 valence electrons.